The molecule has 0 N–H and O–H groups in total. The molecule has 508 valence electrons. The Morgan fingerprint density at radius 1 is 0.573 bits per heavy atom. The van der Waals surface area contributed by atoms with E-state index >= 15 is 9.59 Å². The van der Waals surface area contributed by atoms with E-state index in [0.717, 1.165) is 48.5 Å². The van der Waals surface area contributed by atoms with Gasteiger partial charge < -0.3 is 28.7 Å². The van der Waals surface area contributed by atoms with E-state index in [1.54, 1.807) is 0 Å². The first kappa shape index (κ1) is 34.0. The molecule has 2 heterocycles. The van der Waals surface area contributed by atoms with Crippen molar-refractivity contribution in [3.63, 3.8) is 0 Å². The Hall–Kier alpha value is -7.92. The predicted molar refractivity (Wildman–Crippen MR) is 362 cm³/mol. The number of carbonyl (C=O) groups is 2. The van der Waals surface area contributed by atoms with Crippen LogP contribution in [0.5, 0.6) is 0 Å². The van der Waals surface area contributed by atoms with E-state index in [4.69, 9.17) is 43.9 Å². The van der Waals surface area contributed by atoms with Gasteiger partial charge in [0.1, 0.15) is 24.6 Å². The molecule has 2 aromatic heterocycles. The topological polar surface area (TPSA) is 117 Å². The van der Waals surface area contributed by atoms with E-state index in [1.165, 1.54) is 0 Å². The Kier molecular flexibility index (Phi) is 11.7. The van der Waals surface area contributed by atoms with Gasteiger partial charge in [-0.05, 0) is 163 Å². The fourth-order valence-corrected chi connectivity index (χ4v) is 10.2. The number of benzene rings is 6. The second kappa shape index (κ2) is 32.9. The fraction of sp³-hybridized carbons (Fsp3) is 0.378. The smallest absolute Gasteiger partial charge is 0.336 e. The van der Waals surface area contributed by atoms with Gasteiger partial charge in [-0.1, -0.05) is 155 Å². The number of rotatable bonds is 26. The number of aromatic nitrogens is 4. The van der Waals surface area contributed by atoms with Crippen LogP contribution in [-0.2, 0) is 85.0 Å². The minimum Gasteiger partial charge on any atom is -0.336 e. The van der Waals surface area contributed by atoms with Crippen molar-refractivity contribution in [3.05, 3.63) is 233 Å². The molecular weight excluding hydrogens is 1280 g/mol. The van der Waals surface area contributed by atoms with E-state index in [-0.39, 0.29) is 74.6 Å². The number of likely N-dealkylation sites (N-methyl/N-ethyl adjacent to an activating group) is 2. The first-order valence-corrected chi connectivity index (χ1v) is 29.8. The summed E-state index contributed by atoms with van der Waals surface area (Å²) in [6.07, 6.45) is -17.3. The van der Waals surface area contributed by atoms with Crippen LogP contribution >= 0.6 is 23.5 Å². The summed E-state index contributed by atoms with van der Waals surface area (Å²) >= 11 is 0.308. The van der Waals surface area contributed by atoms with Crippen molar-refractivity contribution in [3.8, 4) is 22.3 Å². The first-order chi connectivity index (χ1) is 62.8. The van der Waals surface area contributed by atoms with Crippen molar-refractivity contribution < 1.29 is 105 Å². The third-order valence-electron chi connectivity index (χ3n) is 13.1. The van der Waals surface area contributed by atoms with E-state index in [2.05, 4.69) is 9.97 Å². The molecular formula is C74H80F8N8O4S2. The Morgan fingerprint density at radius 2 is 1.03 bits per heavy atom. The number of halogens is 8. The van der Waals surface area contributed by atoms with Gasteiger partial charge in [-0.3, -0.25) is 19.2 Å². The number of hydrogen-bond donors (Lipinski definition) is 0. The van der Waals surface area contributed by atoms with Crippen LogP contribution in [0.15, 0.2) is 159 Å². The monoisotopic (exact) mass is 1400 g/mol. The van der Waals surface area contributed by atoms with Crippen LogP contribution in [0.1, 0.15) is 163 Å². The zero-order valence-electron chi connectivity index (χ0n) is 94.7. The number of fused-ring (bicyclic) bond motifs is 2. The Labute approximate surface area is 625 Å². The molecule has 22 heteroatoms. The van der Waals surface area contributed by atoms with E-state index in [1.807, 2.05) is 0 Å². The summed E-state index contributed by atoms with van der Waals surface area (Å²) in [5.41, 5.74) is -15.7. The molecule has 1 unspecified atom stereocenters. The van der Waals surface area contributed by atoms with Crippen molar-refractivity contribution in [2.75, 3.05) is 52.0 Å². The van der Waals surface area contributed by atoms with Crippen LogP contribution in [0.3, 0.4) is 0 Å². The van der Waals surface area contributed by atoms with E-state index in [0.29, 0.717) is 46.1 Å². The molecule has 2 amide bonds. The Balaban J connectivity index is 0.000000313. The highest BCUT2D eigenvalue weighted by Crippen LogP contribution is 2.36. The minimum absolute atomic E-state index is 0.0494. The Morgan fingerprint density at radius 3 is 1.52 bits per heavy atom. The number of thioether (sulfide) groups is 2. The van der Waals surface area contributed by atoms with Gasteiger partial charge in [-0.2, -0.15) is 36.3 Å². The van der Waals surface area contributed by atoms with Crippen LogP contribution in [0.2, 0.25) is 0 Å². The first-order valence-electron chi connectivity index (χ1n) is 49.8. The summed E-state index contributed by atoms with van der Waals surface area (Å²) in [5.74, 6) is -13.1. The van der Waals surface area contributed by atoms with Crippen molar-refractivity contribution in [1.82, 2.24) is 38.7 Å². The number of alkyl halides is 6. The quantitative estimate of drug-likeness (QED) is 0.0295. The summed E-state index contributed by atoms with van der Waals surface area (Å²) in [6, 6.07) is -11.6. The van der Waals surface area contributed by atoms with Crippen molar-refractivity contribution in [2.45, 2.75) is 134 Å². The van der Waals surface area contributed by atoms with Gasteiger partial charge >= 0.3 is 12.4 Å². The molecule has 12 nitrogen and oxygen atoms in total. The SMILES string of the molecule is [2H]c1c([2H])c(CSc2nc(=O)c3c(n2C([2H])([2H])C(=O)N(C([2H])([2H])c2c([2H])c([2H])c(-c4c([2H])c([2H])c(C(F)(F)F)c(C)c4[2H])c([2H])c2[2H])C([2H])([2H])C([2H])([2H])N(C([2H])([2H])C)C([2H])([2H])C)CCC3)c([2H])c([2H])c1F.[2H]c1c([2H])c(CSc2nc(=O)c3c(n2C([2H])([2H])C(=O)N(C([2H])([2H])c2ccc(-c4ccc(C(F)(F)F)cc4)cc2)C([2H])([2H])C([2H])([2H])N(C([2H])([2H])C)C([2H])([2H])C)C([2H])([2H])C([2H])(C)C3([2H])[2H])c([2H])c([2H])c1F. The summed E-state index contributed by atoms with van der Waals surface area (Å²) in [5, 5.41) is -2.06. The molecule has 2 aliphatic rings. The summed E-state index contributed by atoms with van der Waals surface area (Å²) < 4.78 is 494. The number of hydrogen-bond acceptors (Lipinski definition) is 10. The normalized spacial score (nSPS) is 23.9. The van der Waals surface area contributed by atoms with Crippen LogP contribution in [-0.4, -0.2) is 102 Å². The summed E-state index contributed by atoms with van der Waals surface area (Å²) in [6.45, 7) is -44.1. The molecule has 0 bridgehead atoms. The molecule has 0 radical (unpaired) electrons. The molecule has 0 spiro atoms. The summed E-state index contributed by atoms with van der Waals surface area (Å²) in [4.78, 5) is 62.8. The lowest BCUT2D eigenvalue weighted by molar-refractivity contribution is -0.138. The maximum absolute atomic E-state index is 15.3. The molecule has 8 aromatic rings. The Bertz CT molecular complexity index is 6300. The van der Waals surface area contributed by atoms with Gasteiger partial charge in [-0.15, -0.1) is 0 Å². The minimum atomic E-state index is -5.31. The van der Waals surface area contributed by atoms with Crippen molar-refractivity contribution in [1.29, 1.82) is 0 Å². The maximum Gasteiger partial charge on any atom is 0.416 e. The molecule has 6 aromatic carbocycles. The largest absolute Gasteiger partial charge is 0.416 e. The summed E-state index contributed by atoms with van der Waals surface area (Å²) in [7, 11) is 0. The van der Waals surface area contributed by atoms with Crippen LogP contribution in [0.25, 0.3) is 22.3 Å². The number of amides is 2. The van der Waals surface area contributed by atoms with Gasteiger partial charge in [0.05, 0.1) is 48.1 Å². The second-order valence-electron chi connectivity index (χ2n) is 19.5. The molecule has 0 saturated heterocycles. The molecule has 96 heavy (non-hydrogen) atoms. The van der Waals surface area contributed by atoms with Crippen LogP contribution in [0.4, 0.5) is 35.1 Å². The highest BCUT2D eigenvalue weighted by Gasteiger charge is 2.34. The van der Waals surface area contributed by atoms with Gasteiger partial charge in [0.15, 0.2) is 10.3 Å². The highest BCUT2D eigenvalue weighted by atomic mass is 32.2. The molecule has 0 aliphatic heterocycles. The third kappa shape index (κ3) is 19.0. The predicted octanol–water partition coefficient (Wildman–Crippen LogP) is 15.0. The lowest BCUT2D eigenvalue weighted by Crippen LogP contribution is -2.40. The lowest BCUT2D eigenvalue weighted by atomic mass is 9.98. The molecule has 1 atom stereocenters. The average molecular weight is 1410 g/mol. The number of nitrogens with zero attached hydrogens (tertiary/aromatic N) is 8. The molecule has 10 rings (SSSR count). The van der Waals surface area contributed by atoms with Gasteiger partial charge in [0.25, 0.3) is 11.1 Å². The zero-order chi connectivity index (χ0) is 108. The van der Waals surface area contributed by atoms with E-state index < -0.39 is 332 Å². The molecule has 0 fully saturated rings. The van der Waals surface area contributed by atoms with Crippen LogP contribution in [0, 0.1) is 24.5 Å². The van der Waals surface area contributed by atoms with E-state index in [9.17, 15) is 61.2 Å². The van der Waals surface area contributed by atoms with Crippen molar-refractivity contribution in [2.24, 2.45) is 5.89 Å². The third-order valence-corrected chi connectivity index (χ3v) is 15.0. The van der Waals surface area contributed by atoms with Crippen molar-refractivity contribution >= 4 is 35.3 Å². The van der Waals surface area contributed by atoms with Gasteiger partial charge in [-0.25, -0.2) is 8.78 Å². The van der Waals surface area contributed by atoms with Gasteiger partial charge in [0, 0.05) is 96.3 Å². The lowest BCUT2D eigenvalue weighted by Gasteiger charge is -2.28. The second-order valence-corrected chi connectivity index (χ2v) is 21.4. The zero-order valence-corrected chi connectivity index (χ0v) is 52.3. The van der Waals surface area contributed by atoms with Crippen LogP contribution < -0.4 is 11.1 Å². The number of carbonyl (C=O) groups excluding carboxylic acids is 2. The molecule has 2 aliphatic carbocycles. The standard InChI is InChI=1S/2C37H40F4N4O2S/c1-4-43(5-2)18-19-44(22-26-6-10-28(11-7-26)29-12-14-30(15-13-29)37(39,40)41)34(46)23-45-33-21-25(3)20-32(33)35(47)42-36(45)48-24-27-8-16-31(38)17-9-27;1-4-43(5-2)19-20-44(22-26-9-13-28(14-10-26)29-15-18-32(25(3)21-29)37(39,40)41)34(46)23-45-33-8-6-7-31(33)35(47)42-36(45)48-24-27-11-16-30(38)17-12-27/h6-17,25H,4-5,18-24H2,1-3H3;9-18,21H,4-8,19-20,22-24H2,1-3H3/i4D2,5D2,8D,9D,16D,17D,18D2,19D2,20D2,21D2,22D2,23D2,25D;4D2,5D2,9D,10D,11D,12D,13D,14D,15D,16D,17D,18D,19D2,20D2,21D,22D2,23D2. The highest BCUT2D eigenvalue weighted by molar-refractivity contribution is 7.98. The molecule has 0 saturated carbocycles. The maximum atomic E-state index is 15.3. The van der Waals surface area contributed by atoms with Gasteiger partial charge in [0.2, 0.25) is 11.8 Å². The average Bonchev–Trinajstić information content (AvgIpc) is 1.53. The fourth-order valence-electron chi connectivity index (χ4n) is 8.56.